The van der Waals surface area contributed by atoms with E-state index in [4.69, 9.17) is 14.2 Å². The first-order chi connectivity index (χ1) is 15.7. The average molecular weight is 433 g/mol. The van der Waals surface area contributed by atoms with Crippen LogP contribution >= 0.6 is 0 Å². The Morgan fingerprint density at radius 2 is 1.59 bits per heavy atom. The molecule has 0 heterocycles. The quantitative estimate of drug-likeness (QED) is 0.351. The van der Waals surface area contributed by atoms with Crippen LogP contribution in [-0.4, -0.2) is 25.3 Å². The largest absolute Gasteiger partial charge is 0.494 e. The van der Waals surface area contributed by atoms with E-state index in [9.17, 15) is 4.79 Å². The van der Waals surface area contributed by atoms with Gasteiger partial charge in [0.25, 0.3) is 0 Å². The number of nitrogens with one attached hydrogen (secondary N) is 1. The highest BCUT2D eigenvalue weighted by atomic mass is 16.5. The summed E-state index contributed by atoms with van der Waals surface area (Å²) < 4.78 is 17.0. The molecule has 0 aliphatic rings. The number of amides is 1. The number of carbonyl (C=O) groups excluding carboxylic acids is 1. The van der Waals surface area contributed by atoms with Crippen LogP contribution in [0.4, 0.5) is 0 Å². The summed E-state index contributed by atoms with van der Waals surface area (Å²) in [6.45, 7) is 5.43. The molecule has 3 aromatic carbocycles. The van der Waals surface area contributed by atoms with Gasteiger partial charge in [0.15, 0.2) is 11.5 Å². The normalized spacial score (nSPS) is 10.7. The maximum Gasteiger partial charge on any atom is 0.244 e. The van der Waals surface area contributed by atoms with Crippen molar-refractivity contribution in [2.45, 2.75) is 26.9 Å². The molecule has 1 N–H and O–H groups in total. The van der Waals surface area contributed by atoms with Crippen LogP contribution in [-0.2, 0) is 17.8 Å². The first-order valence-corrected chi connectivity index (χ1v) is 10.6. The van der Waals surface area contributed by atoms with Crippen molar-refractivity contribution < 1.29 is 19.0 Å². The molecular weight excluding hydrogens is 404 g/mol. The summed E-state index contributed by atoms with van der Waals surface area (Å²) in [5.41, 5.74) is 5.32. The number of hydrogen-bond acceptors (Lipinski definition) is 5. The van der Waals surface area contributed by atoms with E-state index in [1.807, 2.05) is 86.6 Å². The SMILES string of the molecule is CCOc1ccc(CC(=O)N/N=C/c2ccc(OCc3ccccc3)c(OCC)c2)cc1. The maximum absolute atomic E-state index is 12.2. The number of hydrogen-bond donors (Lipinski definition) is 1. The van der Waals surface area contributed by atoms with Crippen molar-refractivity contribution in [3.8, 4) is 17.2 Å². The monoisotopic (exact) mass is 432 g/mol. The zero-order valence-electron chi connectivity index (χ0n) is 18.4. The van der Waals surface area contributed by atoms with E-state index in [-0.39, 0.29) is 12.3 Å². The summed E-state index contributed by atoms with van der Waals surface area (Å²) in [5, 5.41) is 4.06. The van der Waals surface area contributed by atoms with Gasteiger partial charge in [0, 0.05) is 0 Å². The summed E-state index contributed by atoms with van der Waals surface area (Å²) in [4.78, 5) is 12.2. The van der Waals surface area contributed by atoms with Gasteiger partial charge in [-0.2, -0.15) is 5.10 Å². The average Bonchev–Trinajstić information content (AvgIpc) is 2.81. The van der Waals surface area contributed by atoms with E-state index in [2.05, 4.69) is 10.5 Å². The van der Waals surface area contributed by atoms with Crippen molar-refractivity contribution in [3.63, 3.8) is 0 Å². The van der Waals surface area contributed by atoms with Crippen LogP contribution in [0.2, 0.25) is 0 Å². The van der Waals surface area contributed by atoms with E-state index >= 15 is 0 Å². The van der Waals surface area contributed by atoms with Crippen molar-refractivity contribution in [2.24, 2.45) is 5.10 Å². The molecule has 0 aliphatic carbocycles. The van der Waals surface area contributed by atoms with Crippen LogP contribution in [0.5, 0.6) is 17.2 Å². The molecule has 0 saturated heterocycles. The fraction of sp³-hybridized carbons (Fsp3) is 0.231. The molecule has 0 aromatic heterocycles. The summed E-state index contributed by atoms with van der Waals surface area (Å²) in [6, 6.07) is 23.0. The standard InChI is InChI=1S/C26H28N2O4/c1-3-30-23-13-10-20(11-14-23)17-26(29)28-27-18-22-12-15-24(25(16-22)31-4-2)32-19-21-8-6-5-7-9-21/h5-16,18H,3-4,17,19H2,1-2H3,(H,28,29)/b27-18+. The van der Waals surface area contributed by atoms with E-state index in [1.165, 1.54) is 0 Å². The molecule has 0 aliphatic heterocycles. The number of ether oxygens (including phenoxy) is 3. The summed E-state index contributed by atoms with van der Waals surface area (Å²) >= 11 is 0. The van der Waals surface area contributed by atoms with Gasteiger partial charge in [0.1, 0.15) is 12.4 Å². The molecule has 3 aromatic rings. The van der Waals surface area contributed by atoms with Crippen LogP contribution < -0.4 is 19.6 Å². The maximum atomic E-state index is 12.2. The van der Waals surface area contributed by atoms with Gasteiger partial charge in [0.2, 0.25) is 5.91 Å². The zero-order valence-corrected chi connectivity index (χ0v) is 18.4. The second kappa shape index (κ2) is 12.2. The molecule has 6 heteroatoms. The molecule has 1 amide bonds. The number of nitrogens with zero attached hydrogens (tertiary/aromatic N) is 1. The molecule has 32 heavy (non-hydrogen) atoms. The minimum Gasteiger partial charge on any atom is -0.494 e. The number of rotatable bonds is 11. The third-order valence-corrected chi connectivity index (χ3v) is 4.51. The van der Waals surface area contributed by atoms with Crippen molar-refractivity contribution >= 4 is 12.1 Å². The van der Waals surface area contributed by atoms with Crippen molar-refractivity contribution in [1.29, 1.82) is 0 Å². The molecule has 0 radical (unpaired) electrons. The molecule has 0 spiro atoms. The van der Waals surface area contributed by atoms with Crippen LogP contribution in [0.15, 0.2) is 77.9 Å². The lowest BCUT2D eigenvalue weighted by molar-refractivity contribution is -0.120. The predicted molar refractivity (Wildman–Crippen MR) is 125 cm³/mol. The highest BCUT2D eigenvalue weighted by molar-refractivity contribution is 5.84. The van der Waals surface area contributed by atoms with Gasteiger partial charge >= 0.3 is 0 Å². The Labute approximate surface area is 188 Å². The second-order valence-corrected chi connectivity index (χ2v) is 6.96. The smallest absolute Gasteiger partial charge is 0.244 e. The molecule has 0 atom stereocenters. The highest BCUT2D eigenvalue weighted by Crippen LogP contribution is 2.28. The fourth-order valence-electron chi connectivity index (χ4n) is 3.00. The Balaban J connectivity index is 1.56. The van der Waals surface area contributed by atoms with Crippen LogP contribution in [0, 0.1) is 0 Å². The van der Waals surface area contributed by atoms with Gasteiger partial charge in [-0.3, -0.25) is 4.79 Å². The molecule has 6 nitrogen and oxygen atoms in total. The Hall–Kier alpha value is -3.80. The lowest BCUT2D eigenvalue weighted by atomic mass is 10.1. The molecule has 166 valence electrons. The third kappa shape index (κ3) is 7.16. The second-order valence-electron chi connectivity index (χ2n) is 6.96. The summed E-state index contributed by atoms with van der Waals surface area (Å²) in [7, 11) is 0. The Bertz CT molecular complexity index is 1020. The van der Waals surface area contributed by atoms with Gasteiger partial charge < -0.3 is 14.2 Å². The van der Waals surface area contributed by atoms with Crippen molar-refractivity contribution in [3.05, 3.63) is 89.5 Å². The lowest BCUT2D eigenvalue weighted by Crippen LogP contribution is -2.19. The number of benzene rings is 3. The van der Waals surface area contributed by atoms with Crippen LogP contribution in [0.1, 0.15) is 30.5 Å². The lowest BCUT2D eigenvalue weighted by Gasteiger charge is -2.12. The molecular formula is C26H28N2O4. The molecule has 3 rings (SSSR count). The Morgan fingerprint density at radius 3 is 2.31 bits per heavy atom. The van der Waals surface area contributed by atoms with Crippen LogP contribution in [0.3, 0.4) is 0 Å². The minimum atomic E-state index is -0.196. The van der Waals surface area contributed by atoms with E-state index < -0.39 is 0 Å². The van der Waals surface area contributed by atoms with E-state index in [0.717, 1.165) is 22.4 Å². The summed E-state index contributed by atoms with van der Waals surface area (Å²) in [5.74, 6) is 1.88. The Kier molecular flexibility index (Phi) is 8.69. The van der Waals surface area contributed by atoms with Gasteiger partial charge in [0.05, 0.1) is 25.8 Å². The molecule has 0 bridgehead atoms. The van der Waals surface area contributed by atoms with Gasteiger partial charge in [-0.15, -0.1) is 0 Å². The third-order valence-electron chi connectivity index (χ3n) is 4.51. The summed E-state index contributed by atoms with van der Waals surface area (Å²) in [6.07, 6.45) is 1.82. The van der Waals surface area contributed by atoms with Gasteiger partial charge in [-0.05, 0) is 60.9 Å². The zero-order chi connectivity index (χ0) is 22.6. The highest BCUT2D eigenvalue weighted by Gasteiger charge is 2.07. The van der Waals surface area contributed by atoms with Crippen molar-refractivity contribution in [2.75, 3.05) is 13.2 Å². The molecule has 0 fully saturated rings. The molecule has 0 saturated carbocycles. The number of carbonyl (C=O) groups is 1. The predicted octanol–water partition coefficient (Wildman–Crippen LogP) is 4.76. The topological polar surface area (TPSA) is 69.2 Å². The van der Waals surface area contributed by atoms with Gasteiger partial charge in [-0.25, -0.2) is 5.43 Å². The van der Waals surface area contributed by atoms with Gasteiger partial charge in [-0.1, -0.05) is 42.5 Å². The van der Waals surface area contributed by atoms with E-state index in [0.29, 0.717) is 31.3 Å². The van der Waals surface area contributed by atoms with E-state index in [1.54, 1.807) is 6.21 Å². The minimum absolute atomic E-state index is 0.196. The Morgan fingerprint density at radius 1 is 0.844 bits per heavy atom. The van der Waals surface area contributed by atoms with Crippen molar-refractivity contribution in [1.82, 2.24) is 5.43 Å². The number of hydrazone groups is 1. The first kappa shape index (κ1) is 22.9. The fourth-order valence-corrected chi connectivity index (χ4v) is 3.00. The van der Waals surface area contributed by atoms with Crippen LogP contribution in [0.25, 0.3) is 0 Å². The first-order valence-electron chi connectivity index (χ1n) is 10.6. The molecule has 0 unspecified atom stereocenters.